The number of benzene rings is 2. The topological polar surface area (TPSA) is 93.5 Å². The number of halogens is 2. The average molecular weight is 408 g/mol. The summed E-state index contributed by atoms with van der Waals surface area (Å²) >= 11 is 12.4. The predicted molar refractivity (Wildman–Crippen MR) is 106 cm³/mol. The first-order chi connectivity index (χ1) is 12.9. The van der Waals surface area contributed by atoms with Gasteiger partial charge < -0.3 is 21.1 Å². The van der Waals surface area contributed by atoms with Crippen LogP contribution in [-0.4, -0.2) is 25.2 Å². The van der Waals surface area contributed by atoms with E-state index < -0.39 is 11.4 Å². The zero-order chi connectivity index (χ0) is 19.4. The number of ether oxygens (including phenoxy) is 1. The van der Waals surface area contributed by atoms with Gasteiger partial charge in [0.25, 0.3) is 0 Å². The van der Waals surface area contributed by atoms with Gasteiger partial charge in [0.2, 0.25) is 5.91 Å². The van der Waals surface area contributed by atoms with Gasteiger partial charge in [-0.15, -0.1) is 0 Å². The fourth-order valence-corrected chi connectivity index (χ4v) is 3.87. The highest BCUT2D eigenvalue weighted by atomic mass is 35.5. The summed E-state index contributed by atoms with van der Waals surface area (Å²) in [7, 11) is 0. The lowest BCUT2D eigenvalue weighted by atomic mass is 9.73. The van der Waals surface area contributed by atoms with Crippen molar-refractivity contribution in [2.45, 2.75) is 18.3 Å². The van der Waals surface area contributed by atoms with E-state index in [-0.39, 0.29) is 5.91 Å². The standard InChI is InChI=1S/C19H19Cl2N3O3/c20-12-4-5-15(16(21)10-12)19(6-8-27-9-7-19)17(25)23-13-2-1-3-14(11-13)24-18(22)26/h1-5,10-11H,6-9H2,(H,23,25)(H3,22,24,26). The SMILES string of the molecule is NC(=O)Nc1cccc(NC(=O)C2(c3ccc(Cl)cc3Cl)CCOCC2)c1. The van der Waals surface area contributed by atoms with Crippen molar-refractivity contribution in [3.05, 3.63) is 58.1 Å². The first-order valence-corrected chi connectivity index (χ1v) is 9.17. The molecule has 1 aliphatic rings. The van der Waals surface area contributed by atoms with Crippen LogP contribution in [0.15, 0.2) is 42.5 Å². The minimum atomic E-state index is -0.826. The summed E-state index contributed by atoms with van der Waals surface area (Å²) < 4.78 is 5.46. The monoisotopic (exact) mass is 407 g/mol. The van der Waals surface area contributed by atoms with Gasteiger partial charge in [0, 0.05) is 34.6 Å². The van der Waals surface area contributed by atoms with Crippen LogP contribution in [-0.2, 0) is 14.9 Å². The van der Waals surface area contributed by atoms with E-state index in [1.165, 1.54) is 0 Å². The van der Waals surface area contributed by atoms with Gasteiger partial charge in [-0.1, -0.05) is 35.3 Å². The zero-order valence-electron chi connectivity index (χ0n) is 14.4. The second-order valence-electron chi connectivity index (χ2n) is 6.34. The molecule has 6 nitrogen and oxygen atoms in total. The van der Waals surface area contributed by atoms with E-state index in [0.29, 0.717) is 47.5 Å². The van der Waals surface area contributed by atoms with Crippen LogP contribution >= 0.6 is 23.2 Å². The van der Waals surface area contributed by atoms with E-state index in [2.05, 4.69) is 10.6 Å². The number of hydrogen-bond acceptors (Lipinski definition) is 3. The van der Waals surface area contributed by atoms with Crippen LogP contribution in [0, 0.1) is 0 Å². The Balaban J connectivity index is 1.92. The van der Waals surface area contributed by atoms with Crippen LogP contribution in [0.2, 0.25) is 10.0 Å². The molecule has 2 aromatic rings. The molecular formula is C19H19Cl2N3O3. The van der Waals surface area contributed by atoms with Crippen molar-refractivity contribution in [3.63, 3.8) is 0 Å². The molecule has 1 heterocycles. The Labute approximate surface area is 167 Å². The number of rotatable bonds is 4. The molecule has 0 unspecified atom stereocenters. The van der Waals surface area contributed by atoms with Crippen LogP contribution in [0.3, 0.4) is 0 Å². The third-order valence-corrected chi connectivity index (χ3v) is 5.16. The molecule has 3 amide bonds. The Bertz CT molecular complexity index is 867. The molecule has 0 atom stereocenters. The van der Waals surface area contributed by atoms with Gasteiger partial charge in [-0.05, 0) is 48.7 Å². The Morgan fingerprint density at radius 3 is 2.30 bits per heavy atom. The van der Waals surface area contributed by atoms with Gasteiger partial charge in [-0.25, -0.2) is 4.79 Å². The van der Waals surface area contributed by atoms with Crippen molar-refractivity contribution in [3.8, 4) is 0 Å². The van der Waals surface area contributed by atoms with Crippen molar-refractivity contribution in [2.24, 2.45) is 5.73 Å². The minimum Gasteiger partial charge on any atom is -0.381 e. The summed E-state index contributed by atoms with van der Waals surface area (Å²) in [6.07, 6.45) is 0.999. The molecule has 1 fully saturated rings. The number of nitrogens with two attached hydrogens (primary N) is 1. The van der Waals surface area contributed by atoms with Gasteiger partial charge in [0.05, 0.1) is 5.41 Å². The van der Waals surface area contributed by atoms with Crippen molar-refractivity contribution in [1.82, 2.24) is 0 Å². The third-order valence-electron chi connectivity index (χ3n) is 4.62. The fraction of sp³-hybridized carbons (Fsp3) is 0.263. The van der Waals surface area contributed by atoms with Crippen LogP contribution < -0.4 is 16.4 Å². The summed E-state index contributed by atoms with van der Waals surface area (Å²) in [5, 5.41) is 6.37. The number of nitrogens with one attached hydrogen (secondary N) is 2. The molecule has 0 bridgehead atoms. The second kappa shape index (κ2) is 8.17. The Kier molecular flexibility index (Phi) is 5.89. The molecule has 3 rings (SSSR count). The van der Waals surface area contributed by atoms with E-state index >= 15 is 0 Å². The van der Waals surface area contributed by atoms with Gasteiger partial charge in [-0.2, -0.15) is 0 Å². The van der Waals surface area contributed by atoms with Crippen LogP contribution in [0.1, 0.15) is 18.4 Å². The molecule has 142 valence electrons. The maximum absolute atomic E-state index is 13.3. The zero-order valence-corrected chi connectivity index (χ0v) is 15.9. The summed E-state index contributed by atoms with van der Waals surface area (Å²) in [6.45, 7) is 0.908. The maximum Gasteiger partial charge on any atom is 0.316 e. The summed E-state index contributed by atoms with van der Waals surface area (Å²) in [5.41, 5.74) is 6.07. The Morgan fingerprint density at radius 1 is 1.00 bits per heavy atom. The molecule has 0 aliphatic carbocycles. The largest absolute Gasteiger partial charge is 0.381 e. The first kappa shape index (κ1) is 19.5. The molecule has 2 aromatic carbocycles. The number of primary amides is 1. The molecular weight excluding hydrogens is 389 g/mol. The number of anilines is 2. The molecule has 1 saturated heterocycles. The number of amides is 3. The van der Waals surface area contributed by atoms with E-state index in [4.69, 9.17) is 33.7 Å². The van der Waals surface area contributed by atoms with E-state index in [0.717, 1.165) is 5.56 Å². The van der Waals surface area contributed by atoms with Crippen molar-refractivity contribution >= 4 is 46.5 Å². The Hall–Kier alpha value is -2.28. The van der Waals surface area contributed by atoms with E-state index in [9.17, 15) is 9.59 Å². The molecule has 8 heteroatoms. The highest BCUT2D eigenvalue weighted by Crippen LogP contribution is 2.40. The van der Waals surface area contributed by atoms with Gasteiger partial charge in [0.1, 0.15) is 0 Å². The van der Waals surface area contributed by atoms with Crippen molar-refractivity contribution in [2.75, 3.05) is 23.8 Å². The van der Waals surface area contributed by atoms with Crippen LogP contribution in [0.5, 0.6) is 0 Å². The third kappa shape index (κ3) is 4.35. The summed E-state index contributed by atoms with van der Waals surface area (Å²) in [6, 6.07) is 11.3. The number of urea groups is 1. The highest BCUT2D eigenvalue weighted by molar-refractivity contribution is 6.35. The average Bonchev–Trinajstić information content (AvgIpc) is 2.62. The molecule has 0 spiro atoms. The number of hydrogen-bond donors (Lipinski definition) is 3. The molecule has 0 radical (unpaired) electrons. The highest BCUT2D eigenvalue weighted by Gasteiger charge is 2.43. The molecule has 4 N–H and O–H groups in total. The maximum atomic E-state index is 13.3. The summed E-state index contributed by atoms with van der Waals surface area (Å²) in [5.74, 6) is -0.189. The Morgan fingerprint density at radius 2 is 1.67 bits per heavy atom. The number of carbonyl (C=O) groups excluding carboxylic acids is 2. The lowest BCUT2D eigenvalue weighted by Crippen LogP contribution is -2.45. The molecule has 1 aliphatic heterocycles. The first-order valence-electron chi connectivity index (χ1n) is 8.42. The van der Waals surface area contributed by atoms with Gasteiger partial charge >= 0.3 is 6.03 Å². The van der Waals surface area contributed by atoms with E-state index in [1.807, 2.05) is 0 Å². The molecule has 0 aromatic heterocycles. The van der Waals surface area contributed by atoms with Crippen LogP contribution in [0.4, 0.5) is 16.2 Å². The normalized spacial score (nSPS) is 15.8. The van der Waals surface area contributed by atoms with Gasteiger partial charge in [-0.3, -0.25) is 4.79 Å². The smallest absolute Gasteiger partial charge is 0.316 e. The lowest BCUT2D eigenvalue weighted by molar-refractivity contribution is -0.125. The fourth-order valence-electron chi connectivity index (χ4n) is 3.28. The second-order valence-corrected chi connectivity index (χ2v) is 7.19. The van der Waals surface area contributed by atoms with Gasteiger partial charge in [0.15, 0.2) is 0 Å². The van der Waals surface area contributed by atoms with Crippen molar-refractivity contribution in [1.29, 1.82) is 0 Å². The minimum absolute atomic E-state index is 0.189. The number of carbonyl (C=O) groups is 2. The predicted octanol–water partition coefficient (Wildman–Crippen LogP) is 4.17. The lowest BCUT2D eigenvalue weighted by Gasteiger charge is -2.36. The molecule has 27 heavy (non-hydrogen) atoms. The molecule has 0 saturated carbocycles. The van der Waals surface area contributed by atoms with Crippen LogP contribution in [0.25, 0.3) is 0 Å². The van der Waals surface area contributed by atoms with Crippen molar-refractivity contribution < 1.29 is 14.3 Å². The summed E-state index contributed by atoms with van der Waals surface area (Å²) in [4.78, 5) is 24.3. The quantitative estimate of drug-likeness (QED) is 0.709. The van der Waals surface area contributed by atoms with E-state index in [1.54, 1.807) is 42.5 Å².